The first kappa shape index (κ1) is 50.8. The second-order valence-electron chi connectivity index (χ2n) is 14.6. The fraction of sp³-hybridized carbons (Fsp3) is 0.905. The Labute approximate surface area is 319 Å². The van der Waals surface area contributed by atoms with Crippen molar-refractivity contribution in [3.8, 4) is 0 Å². The molecule has 0 aliphatic carbocycles. The van der Waals surface area contributed by atoms with Crippen molar-refractivity contribution in [1.29, 1.82) is 0 Å². The maximum absolute atomic E-state index is 12.6. The predicted octanol–water partition coefficient (Wildman–Crippen LogP) is 12.2. The summed E-state index contributed by atoms with van der Waals surface area (Å²) >= 11 is 0. The van der Waals surface area contributed by atoms with E-state index in [0.717, 1.165) is 44.9 Å². The van der Waals surface area contributed by atoms with Crippen LogP contribution in [0.3, 0.4) is 0 Å². The second-order valence-corrected chi connectivity index (χ2v) is 16.0. The minimum absolute atomic E-state index is 0.0539. The van der Waals surface area contributed by atoms with Crippen LogP contribution >= 0.6 is 7.82 Å². The molecule has 0 amide bonds. The standard InChI is InChI=1S/C42H82NO8P/c1-3-5-7-9-11-13-15-17-19-21-22-24-26-28-30-32-34-41(44)48-38-40(39-50-52(46,47)49-37-36-43)51-42(45)35-33-31-29-27-25-23-20-18-16-14-12-10-8-6-4-2/h23,25,40H,3-22,24,26-39,43H2,1-2H3,(H,46,47)/b25-23+/t40-/m1/s1. The van der Waals surface area contributed by atoms with Gasteiger partial charge in [0, 0.05) is 19.4 Å². The molecular weight excluding hydrogens is 677 g/mol. The summed E-state index contributed by atoms with van der Waals surface area (Å²) in [5.74, 6) is -0.836. The number of unbranched alkanes of at least 4 members (excludes halogenated alkanes) is 26. The third-order valence-corrected chi connectivity index (χ3v) is 10.4. The number of allylic oxidation sites excluding steroid dienone is 2. The Morgan fingerprint density at radius 3 is 1.38 bits per heavy atom. The minimum Gasteiger partial charge on any atom is -0.462 e. The maximum Gasteiger partial charge on any atom is 0.472 e. The first-order valence-corrected chi connectivity index (χ1v) is 23.2. The van der Waals surface area contributed by atoms with Crippen LogP contribution in [0.5, 0.6) is 0 Å². The summed E-state index contributed by atoms with van der Waals surface area (Å²) in [6.07, 6.45) is 39.5. The Morgan fingerprint density at radius 1 is 0.558 bits per heavy atom. The number of phosphoric ester groups is 1. The number of hydrogen-bond acceptors (Lipinski definition) is 8. The van der Waals surface area contributed by atoms with Gasteiger partial charge in [-0.3, -0.25) is 18.6 Å². The van der Waals surface area contributed by atoms with Crippen LogP contribution in [0.4, 0.5) is 0 Å². The van der Waals surface area contributed by atoms with Gasteiger partial charge in [0.05, 0.1) is 13.2 Å². The topological polar surface area (TPSA) is 134 Å². The number of ether oxygens (including phenoxy) is 2. The first-order chi connectivity index (χ1) is 25.3. The quantitative estimate of drug-likeness (QED) is 0.0270. The molecule has 0 spiro atoms. The van der Waals surface area contributed by atoms with Gasteiger partial charge in [-0.05, 0) is 38.5 Å². The number of phosphoric acid groups is 1. The molecule has 308 valence electrons. The SMILES string of the molecule is CCCCCCCCCC/C=C/CCCCCC(=O)O[C@H](COC(=O)CCCCCCCCCCCCCCCCCC)COP(=O)(O)OCCN. The first-order valence-electron chi connectivity index (χ1n) is 21.7. The zero-order chi connectivity index (χ0) is 38.2. The Balaban J connectivity index is 4.14. The number of nitrogens with two attached hydrogens (primary N) is 1. The van der Waals surface area contributed by atoms with Gasteiger partial charge >= 0.3 is 19.8 Å². The lowest BCUT2D eigenvalue weighted by Crippen LogP contribution is -2.29. The molecular formula is C42H82NO8P. The lowest BCUT2D eigenvalue weighted by atomic mass is 10.0. The largest absolute Gasteiger partial charge is 0.472 e. The van der Waals surface area contributed by atoms with Crippen LogP contribution < -0.4 is 5.73 Å². The number of esters is 2. The van der Waals surface area contributed by atoms with Crippen molar-refractivity contribution in [2.45, 2.75) is 219 Å². The van der Waals surface area contributed by atoms with E-state index >= 15 is 0 Å². The fourth-order valence-corrected chi connectivity index (χ4v) is 6.92. The summed E-state index contributed by atoms with van der Waals surface area (Å²) in [6.45, 7) is 3.74. The lowest BCUT2D eigenvalue weighted by molar-refractivity contribution is -0.161. The summed E-state index contributed by atoms with van der Waals surface area (Å²) in [7, 11) is -4.37. The molecule has 1 unspecified atom stereocenters. The number of carbonyl (C=O) groups is 2. The number of carbonyl (C=O) groups excluding carboxylic acids is 2. The van der Waals surface area contributed by atoms with Gasteiger partial charge in [-0.25, -0.2) is 4.57 Å². The van der Waals surface area contributed by atoms with E-state index in [9.17, 15) is 19.0 Å². The van der Waals surface area contributed by atoms with Gasteiger partial charge < -0.3 is 20.1 Å². The molecule has 0 aromatic rings. The van der Waals surface area contributed by atoms with Crippen molar-refractivity contribution in [1.82, 2.24) is 0 Å². The van der Waals surface area contributed by atoms with Gasteiger partial charge in [0.25, 0.3) is 0 Å². The average Bonchev–Trinajstić information content (AvgIpc) is 3.13. The molecule has 0 aromatic carbocycles. The maximum atomic E-state index is 12.6. The van der Waals surface area contributed by atoms with Crippen molar-refractivity contribution in [3.63, 3.8) is 0 Å². The number of rotatable bonds is 41. The Kier molecular flexibility index (Phi) is 38.5. The molecule has 9 nitrogen and oxygen atoms in total. The zero-order valence-electron chi connectivity index (χ0n) is 33.8. The van der Waals surface area contributed by atoms with E-state index in [1.54, 1.807) is 0 Å². The van der Waals surface area contributed by atoms with Crippen LogP contribution in [0.2, 0.25) is 0 Å². The molecule has 0 radical (unpaired) electrons. The van der Waals surface area contributed by atoms with Gasteiger partial charge in [0.2, 0.25) is 0 Å². The van der Waals surface area contributed by atoms with Crippen molar-refractivity contribution in [2.75, 3.05) is 26.4 Å². The number of hydrogen-bond donors (Lipinski definition) is 2. The van der Waals surface area contributed by atoms with Crippen molar-refractivity contribution in [3.05, 3.63) is 12.2 Å². The molecule has 0 fully saturated rings. The van der Waals surface area contributed by atoms with Crippen LogP contribution in [-0.2, 0) is 32.7 Å². The van der Waals surface area contributed by atoms with E-state index in [1.165, 1.54) is 135 Å². The van der Waals surface area contributed by atoms with E-state index in [2.05, 4.69) is 26.0 Å². The van der Waals surface area contributed by atoms with Gasteiger partial charge in [0.1, 0.15) is 6.61 Å². The molecule has 0 aromatic heterocycles. The smallest absolute Gasteiger partial charge is 0.462 e. The van der Waals surface area contributed by atoms with E-state index in [0.29, 0.717) is 6.42 Å². The van der Waals surface area contributed by atoms with Crippen LogP contribution in [0.25, 0.3) is 0 Å². The zero-order valence-corrected chi connectivity index (χ0v) is 34.7. The van der Waals surface area contributed by atoms with Gasteiger partial charge in [-0.2, -0.15) is 0 Å². The van der Waals surface area contributed by atoms with Crippen LogP contribution in [0, 0.1) is 0 Å². The monoisotopic (exact) mass is 760 g/mol. The Hall–Kier alpha value is -1.25. The molecule has 0 heterocycles. The van der Waals surface area contributed by atoms with Crippen LogP contribution in [-0.4, -0.2) is 49.3 Å². The minimum atomic E-state index is -4.37. The van der Waals surface area contributed by atoms with Crippen LogP contribution in [0.1, 0.15) is 213 Å². The molecule has 0 bridgehead atoms. The highest BCUT2D eigenvalue weighted by molar-refractivity contribution is 7.47. The van der Waals surface area contributed by atoms with Crippen molar-refractivity contribution in [2.24, 2.45) is 5.73 Å². The van der Waals surface area contributed by atoms with E-state index in [-0.39, 0.29) is 38.6 Å². The van der Waals surface area contributed by atoms with Crippen molar-refractivity contribution < 1.29 is 37.6 Å². The highest BCUT2D eigenvalue weighted by Crippen LogP contribution is 2.43. The molecule has 0 aliphatic rings. The summed E-state index contributed by atoms with van der Waals surface area (Å²) in [4.78, 5) is 34.8. The second kappa shape index (κ2) is 39.4. The summed E-state index contributed by atoms with van der Waals surface area (Å²) in [6, 6.07) is 0. The Morgan fingerprint density at radius 2 is 0.942 bits per heavy atom. The van der Waals surface area contributed by atoms with Crippen LogP contribution in [0.15, 0.2) is 12.2 Å². The van der Waals surface area contributed by atoms with Gasteiger partial charge in [-0.15, -0.1) is 0 Å². The molecule has 3 N–H and O–H groups in total. The lowest BCUT2D eigenvalue weighted by Gasteiger charge is -2.19. The van der Waals surface area contributed by atoms with E-state index in [1.807, 2.05) is 0 Å². The molecule has 0 rings (SSSR count). The molecule has 0 saturated heterocycles. The van der Waals surface area contributed by atoms with E-state index in [4.69, 9.17) is 24.3 Å². The average molecular weight is 760 g/mol. The molecule has 10 heteroatoms. The summed E-state index contributed by atoms with van der Waals surface area (Å²) < 4.78 is 32.7. The summed E-state index contributed by atoms with van der Waals surface area (Å²) in [5, 5.41) is 0. The van der Waals surface area contributed by atoms with Crippen molar-refractivity contribution >= 4 is 19.8 Å². The third-order valence-electron chi connectivity index (χ3n) is 9.40. The third kappa shape index (κ3) is 38.5. The predicted molar refractivity (Wildman–Crippen MR) is 215 cm³/mol. The highest BCUT2D eigenvalue weighted by Gasteiger charge is 2.26. The fourth-order valence-electron chi connectivity index (χ4n) is 6.16. The highest BCUT2D eigenvalue weighted by atomic mass is 31.2. The van der Waals surface area contributed by atoms with E-state index < -0.39 is 26.5 Å². The van der Waals surface area contributed by atoms with Gasteiger partial charge in [0.15, 0.2) is 6.10 Å². The van der Waals surface area contributed by atoms with Gasteiger partial charge in [-0.1, -0.05) is 174 Å². The Bertz CT molecular complexity index is 871. The molecule has 52 heavy (non-hydrogen) atoms. The molecule has 2 atom stereocenters. The molecule has 0 aliphatic heterocycles. The molecule has 0 saturated carbocycles. The summed E-state index contributed by atoms with van der Waals surface area (Å²) in [5.41, 5.74) is 5.34. The normalized spacial score (nSPS) is 13.4.